The number of aliphatic hydroxyl groups is 1. The fraction of sp³-hybridized carbons (Fsp3) is 0.136. The molecule has 0 aliphatic carbocycles. The zero-order valence-corrected chi connectivity index (χ0v) is 15.5. The Bertz CT molecular complexity index is 917. The molecule has 3 aromatic rings. The molecule has 0 saturated carbocycles. The van der Waals surface area contributed by atoms with Crippen molar-refractivity contribution in [2.24, 2.45) is 0 Å². The standard InChI is InChI=1S/C22H22N2OS/c1-18(25)22(20-10-6-3-7-11-20)26(24-14-13-23-17-24)15-12-21(16-26)19-8-4-2-5-9-19/h2-18,22,25H,1H3. The molecule has 4 rings (SSSR count). The van der Waals surface area contributed by atoms with Crippen LogP contribution in [0.15, 0.2) is 96.3 Å². The smallest absolute Gasteiger partial charge is 0.104 e. The van der Waals surface area contributed by atoms with E-state index >= 15 is 0 Å². The Hall–Kier alpha value is -2.56. The number of hydrogen-bond donors (Lipinski definition) is 1. The second-order valence-electron chi connectivity index (χ2n) is 6.46. The molecular formula is C22H22N2OS. The van der Waals surface area contributed by atoms with E-state index in [1.54, 1.807) is 6.20 Å². The van der Waals surface area contributed by atoms with E-state index in [1.807, 2.05) is 43.7 Å². The van der Waals surface area contributed by atoms with Crippen LogP contribution in [0.25, 0.3) is 5.57 Å². The Labute approximate surface area is 155 Å². The van der Waals surface area contributed by atoms with E-state index in [0.717, 1.165) is 5.56 Å². The van der Waals surface area contributed by atoms with Gasteiger partial charge in [-0.2, -0.15) is 0 Å². The molecule has 3 atom stereocenters. The molecule has 2 aromatic carbocycles. The first kappa shape index (κ1) is 16.9. The fourth-order valence-electron chi connectivity index (χ4n) is 3.57. The Kier molecular flexibility index (Phi) is 4.53. The second kappa shape index (κ2) is 6.98. The number of aromatic nitrogens is 2. The molecule has 0 spiro atoms. The Morgan fingerprint density at radius 3 is 2.31 bits per heavy atom. The van der Waals surface area contributed by atoms with E-state index in [-0.39, 0.29) is 5.25 Å². The van der Waals surface area contributed by atoms with Gasteiger partial charge in [0.15, 0.2) is 0 Å². The van der Waals surface area contributed by atoms with Crippen molar-refractivity contribution >= 4 is 15.8 Å². The van der Waals surface area contributed by atoms with E-state index in [9.17, 15) is 5.11 Å². The van der Waals surface area contributed by atoms with Gasteiger partial charge in [0.05, 0.1) is 11.4 Å². The molecule has 3 nitrogen and oxygen atoms in total. The molecule has 0 bridgehead atoms. The molecule has 1 aromatic heterocycles. The van der Waals surface area contributed by atoms with Gasteiger partial charge in [0.25, 0.3) is 0 Å². The van der Waals surface area contributed by atoms with E-state index < -0.39 is 16.3 Å². The van der Waals surface area contributed by atoms with Gasteiger partial charge in [-0.3, -0.25) is 3.97 Å². The van der Waals surface area contributed by atoms with Gasteiger partial charge in [-0.1, -0.05) is 60.7 Å². The zero-order valence-electron chi connectivity index (χ0n) is 14.6. The molecule has 2 heterocycles. The lowest BCUT2D eigenvalue weighted by molar-refractivity contribution is 0.191. The van der Waals surface area contributed by atoms with Crippen molar-refractivity contribution in [3.05, 3.63) is 107 Å². The topological polar surface area (TPSA) is 38.0 Å². The quantitative estimate of drug-likeness (QED) is 0.682. The molecule has 0 fully saturated rings. The van der Waals surface area contributed by atoms with Crippen LogP contribution in [0.3, 0.4) is 0 Å². The molecule has 0 radical (unpaired) electrons. The van der Waals surface area contributed by atoms with Crippen molar-refractivity contribution in [1.29, 1.82) is 0 Å². The number of allylic oxidation sites excluding steroid dienone is 2. The molecule has 3 unspecified atom stereocenters. The molecule has 4 heteroatoms. The summed E-state index contributed by atoms with van der Waals surface area (Å²) in [5.74, 6) is 0. The Balaban J connectivity index is 1.89. The van der Waals surface area contributed by atoms with Gasteiger partial charge in [-0.25, -0.2) is 4.98 Å². The average Bonchev–Trinajstić information content (AvgIpc) is 3.34. The second-order valence-corrected chi connectivity index (χ2v) is 9.35. The van der Waals surface area contributed by atoms with Gasteiger partial charge in [-0.05, 0) is 40.5 Å². The minimum absolute atomic E-state index is 0.0460. The van der Waals surface area contributed by atoms with Crippen molar-refractivity contribution < 1.29 is 5.11 Å². The Morgan fingerprint density at radius 1 is 1.00 bits per heavy atom. The van der Waals surface area contributed by atoms with Crippen LogP contribution in [-0.4, -0.2) is 20.2 Å². The van der Waals surface area contributed by atoms with Crippen LogP contribution in [-0.2, 0) is 0 Å². The fourth-order valence-corrected chi connectivity index (χ4v) is 7.18. The van der Waals surface area contributed by atoms with E-state index in [1.165, 1.54) is 11.1 Å². The van der Waals surface area contributed by atoms with E-state index in [0.29, 0.717) is 0 Å². The number of benzene rings is 2. The molecule has 26 heavy (non-hydrogen) atoms. The summed E-state index contributed by atoms with van der Waals surface area (Å²) in [5, 5.41) is 15.3. The van der Waals surface area contributed by atoms with Gasteiger partial charge >= 0.3 is 0 Å². The van der Waals surface area contributed by atoms with Crippen LogP contribution in [0.5, 0.6) is 0 Å². The largest absolute Gasteiger partial charge is 0.392 e. The third-order valence-electron chi connectivity index (χ3n) is 4.71. The van der Waals surface area contributed by atoms with Gasteiger partial charge in [0.1, 0.15) is 6.33 Å². The number of hydrogen-bond acceptors (Lipinski definition) is 2. The molecule has 0 amide bonds. The number of aliphatic hydroxyl groups excluding tert-OH is 1. The highest BCUT2D eigenvalue weighted by Crippen LogP contribution is 2.68. The van der Waals surface area contributed by atoms with Gasteiger partial charge in [0, 0.05) is 12.4 Å². The maximum Gasteiger partial charge on any atom is 0.104 e. The molecule has 1 N–H and O–H groups in total. The maximum atomic E-state index is 10.8. The maximum absolute atomic E-state index is 10.8. The highest BCUT2D eigenvalue weighted by atomic mass is 32.3. The van der Waals surface area contributed by atoms with Crippen LogP contribution < -0.4 is 0 Å². The van der Waals surface area contributed by atoms with Gasteiger partial charge in [0.2, 0.25) is 0 Å². The normalized spacial score (nSPS) is 23.8. The molecule has 1 aliphatic heterocycles. The molecule has 1 aliphatic rings. The third-order valence-corrected chi connectivity index (χ3v) is 8.34. The third kappa shape index (κ3) is 2.91. The SMILES string of the molecule is CC(O)C(c1ccccc1)S1(n2ccnc2)C=CC(c2ccccc2)=C1. The first-order valence-corrected chi connectivity index (χ1v) is 10.5. The minimum Gasteiger partial charge on any atom is -0.392 e. The first-order chi connectivity index (χ1) is 12.7. The Morgan fingerprint density at radius 2 is 1.69 bits per heavy atom. The minimum atomic E-state index is -1.63. The van der Waals surface area contributed by atoms with Crippen molar-refractivity contribution in [1.82, 2.24) is 8.96 Å². The summed E-state index contributed by atoms with van der Waals surface area (Å²) < 4.78 is 2.17. The zero-order chi connectivity index (χ0) is 18.0. The molecule has 132 valence electrons. The van der Waals surface area contributed by atoms with Crippen LogP contribution in [0.1, 0.15) is 23.3 Å². The van der Waals surface area contributed by atoms with E-state index in [2.05, 4.69) is 62.2 Å². The number of nitrogens with zero attached hydrogens (tertiary/aromatic N) is 2. The average molecular weight is 362 g/mol. The summed E-state index contributed by atoms with van der Waals surface area (Å²) >= 11 is 0. The lowest BCUT2D eigenvalue weighted by Gasteiger charge is -2.43. The van der Waals surface area contributed by atoms with Crippen LogP contribution in [0, 0.1) is 0 Å². The van der Waals surface area contributed by atoms with Gasteiger partial charge in [-0.15, -0.1) is 10.2 Å². The number of rotatable bonds is 5. The summed E-state index contributed by atoms with van der Waals surface area (Å²) in [6.07, 6.45) is 7.36. The highest BCUT2D eigenvalue weighted by molar-refractivity contribution is 8.37. The predicted octanol–water partition coefficient (Wildman–Crippen LogP) is 5.14. The van der Waals surface area contributed by atoms with Crippen LogP contribution in [0.4, 0.5) is 0 Å². The number of imidazole rings is 1. The summed E-state index contributed by atoms with van der Waals surface area (Å²) in [6.45, 7) is 1.88. The van der Waals surface area contributed by atoms with Gasteiger partial charge < -0.3 is 5.11 Å². The lowest BCUT2D eigenvalue weighted by Crippen LogP contribution is -2.23. The molecular weight excluding hydrogens is 340 g/mol. The van der Waals surface area contributed by atoms with E-state index in [4.69, 9.17) is 0 Å². The van der Waals surface area contributed by atoms with Crippen molar-refractivity contribution in [2.75, 3.05) is 0 Å². The summed E-state index contributed by atoms with van der Waals surface area (Å²) in [6, 6.07) is 20.7. The van der Waals surface area contributed by atoms with Crippen LogP contribution >= 0.6 is 10.2 Å². The summed E-state index contributed by atoms with van der Waals surface area (Å²) in [7, 11) is -1.63. The lowest BCUT2D eigenvalue weighted by atomic mass is 10.1. The van der Waals surface area contributed by atoms with Crippen LogP contribution in [0.2, 0.25) is 0 Å². The predicted molar refractivity (Wildman–Crippen MR) is 110 cm³/mol. The van der Waals surface area contributed by atoms with Crippen molar-refractivity contribution in [3.8, 4) is 0 Å². The summed E-state index contributed by atoms with van der Waals surface area (Å²) in [5.41, 5.74) is 3.52. The van der Waals surface area contributed by atoms with Crippen molar-refractivity contribution in [3.63, 3.8) is 0 Å². The highest BCUT2D eigenvalue weighted by Gasteiger charge is 2.38. The first-order valence-electron chi connectivity index (χ1n) is 8.70. The summed E-state index contributed by atoms with van der Waals surface area (Å²) in [4.78, 5) is 4.28. The molecule has 0 saturated heterocycles. The van der Waals surface area contributed by atoms with Crippen molar-refractivity contribution in [2.45, 2.75) is 18.3 Å². The monoisotopic (exact) mass is 362 g/mol.